The van der Waals surface area contributed by atoms with Gasteiger partial charge in [-0.3, -0.25) is 9.59 Å². The van der Waals surface area contributed by atoms with E-state index in [1.54, 1.807) is 17.0 Å². The van der Waals surface area contributed by atoms with Gasteiger partial charge < -0.3 is 24.8 Å². The Balaban J connectivity index is 1.33. The fourth-order valence-corrected chi connectivity index (χ4v) is 6.54. The van der Waals surface area contributed by atoms with Crippen LogP contribution in [0.25, 0.3) is 0 Å². The minimum absolute atomic E-state index is 0.0248. The molecule has 0 unspecified atom stereocenters. The summed E-state index contributed by atoms with van der Waals surface area (Å²) in [6.07, 6.45) is 5.09. The number of carboxylic acids is 1. The summed E-state index contributed by atoms with van der Waals surface area (Å²) in [7, 11) is 0. The normalized spacial score (nSPS) is 17.2. The largest absolute Gasteiger partial charge is 0.491 e. The van der Waals surface area contributed by atoms with Crippen LogP contribution in [0.5, 0.6) is 17.2 Å². The summed E-state index contributed by atoms with van der Waals surface area (Å²) in [6.45, 7) is 10.6. The molecule has 2 amide bonds. The summed E-state index contributed by atoms with van der Waals surface area (Å²) < 4.78 is 11.9. The molecule has 47 heavy (non-hydrogen) atoms. The van der Waals surface area contributed by atoms with E-state index in [4.69, 9.17) is 9.47 Å². The third-order valence-electron chi connectivity index (χ3n) is 9.17. The van der Waals surface area contributed by atoms with Crippen LogP contribution in [-0.4, -0.2) is 46.0 Å². The van der Waals surface area contributed by atoms with Crippen molar-refractivity contribution < 1.29 is 29.0 Å². The van der Waals surface area contributed by atoms with Crippen LogP contribution in [0.3, 0.4) is 0 Å². The molecule has 0 saturated heterocycles. The summed E-state index contributed by atoms with van der Waals surface area (Å²) in [5.74, 6) is 0.743. The average molecular weight is 641 g/mol. The lowest BCUT2D eigenvalue weighted by molar-refractivity contribution is -0.145. The maximum Gasteiger partial charge on any atom is 0.326 e. The highest BCUT2D eigenvalue weighted by Crippen LogP contribution is 2.33. The van der Waals surface area contributed by atoms with Gasteiger partial charge in [-0.15, -0.1) is 0 Å². The van der Waals surface area contributed by atoms with Gasteiger partial charge in [0.2, 0.25) is 11.8 Å². The Morgan fingerprint density at radius 1 is 0.894 bits per heavy atom. The summed E-state index contributed by atoms with van der Waals surface area (Å²) >= 11 is 0. The van der Waals surface area contributed by atoms with Gasteiger partial charge in [0.25, 0.3) is 0 Å². The number of carbonyl (C=O) groups is 3. The number of hydrogen-bond donors (Lipinski definition) is 2. The van der Waals surface area contributed by atoms with Gasteiger partial charge in [-0.25, -0.2) is 4.79 Å². The van der Waals surface area contributed by atoms with Crippen molar-refractivity contribution in [2.24, 2.45) is 5.92 Å². The van der Waals surface area contributed by atoms with Crippen LogP contribution in [-0.2, 0) is 39.2 Å². The van der Waals surface area contributed by atoms with Crippen molar-refractivity contribution in [1.82, 2.24) is 10.2 Å². The zero-order valence-electron chi connectivity index (χ0n) is 28.3. The zero-order chi connectivity index (χ0) is 33.7. The highest BCUT2D eigenvalue weighted by Gasteiger charge is 2.37. The molecule has 3 aromatic carbocycles. The Labute approximate surface area is 278 Å². The molecule has 2 atom stereocenters. The molecule has 1 fully saturated rings. The average Bonchev–Trinajstić information content (AvgIpc) is 3.53. The van der Waals surface area contributed by atoms with Gasteiger partial charge in [0.15, 0.2) is 0 Å². The van der Waals surface area contributed by atoms with Crippen molar-refractivity contribution in [3.8, 4) is 17.2 Å². The first kappa shape index (κ1) is 34.0. The lowest BCUT2D eigenvalue weighted by Crippen LogP contribution is -2.56. The standard InChI is InChI=1S/C39H48N2O6/c1-25(2)46-31-15-10-27(11-16-31)20-34(38(44)45)40-37(43)35-23-28-12-17-33(47-32-18-13-30(14-19-32)39(3,4)5)22-29(28)24-41(35)36(42)21-26-8-6-7-9-26/h10-19,22,25-26,34-35H,6-9,20-21,23-24H2,1-5H3,(H,40,43)(H,44,45)/t34-,35-/m0/s1. The highest BCUT2D eigenvalue weighted by atomic mass is 16.5. The number of nitrogens with one attached hydrogen (secondary N) is 1. The molecule has 8 heteroatoms. The van der Waals surface area contributed by atoms with E-state index < -0.39 is 24.0 Å². The van der Waals surface area contributed by atoms with Gasteiger partial charge in [0.1, 0.15) is 29.3 Å². The fourth-order valence-electron chi connectivity index (χ4n) is 6.54. The molecule has 1 heterocycles. The van der Waals surface area contributed by atoms with Gasteiger partial charge in [0, 0.05) is 25.8 Å². The minimum Gasteiger partial charge on any atom is -0.491 e. The Hall–Kier alpha value is -4.33. The molecule has 250 valence electrons. The second kappa shape index (κ2) is 14.6. The van der Waals surface area contributed by atoms with Crippen LogP contribution in [0.2, 0.25) is 0 Å². The number of amides is 2. The van der Waals surface area contributed by atoms with Gasteiger partial charge in [-0.2, -0.15) is 0 Å². The monoisotopic (exact) mass is 640 g/mol. The number of fused-ring (bicyclic) bond motifs is 1. The highest BCUT2D eigenvalue weighted by molar-refractivity contribution is 5.91. The van der Waals surface area contributed by atoms with Crippen LogP contribution in [0.1, 0.15) is 89.0 Å². The molecule has 5 rings (SSSR count). The topological polar surface area (TPSA) is 105 Å². The van der Waals surface area contributed by atoms with E-state index in [2.05, 4.69) is 38.2 Å². The van der Waals surface area contributed by atoms with Crippen LogP contribution in [0.15, 0.2) is 66.7 Å². The molecule has 1 saturated carbocycles. The quantitative estimate of drug-likeness (QED) is 0.230. The number of nitrogens with zero attached hydrogens (tertiary/aromatic N) is 1. The van der Waals surface area contributed by atoms with Crippen molar-refractivity contribution in [3.63, 3.8) is 0 Å². The number of carboxylic acid groups (broad SMARTS) is 1. The van der Waals surface area contributed by atoms with E-state index in [1.807, 2.05) is 56.3 Å². The number of ether oxygens (including phenoxy) is 2. The Bertz CT molecular complexity index is 1550. The summed E-state index contributed by atoms with van der Waals surface area (Å²) in [5.41, 5.74) is 3.89. The molecule has 1 aliphatic heterocycles. The number of hydrogen-bond acceptors (Lipinski definition) is 5. The van der Waals surface area contributed by atoms with E-state index in [-0.39, 0.29) is 30.4 Å². The third-order valence-corrected chi connectivity index (χ3v) is 9.17. The first-order chi connectivity index (χ1) is 22.4. The molecule has 8 nitrogen and oxygen atoms in total. The lowest BCUT2D eigenvalue weighted by Gasteiger charge is -2.37. The van der Waals surface area contributed by atoms with Gasteiger partial charge in [-0.1, -0.05) is 63.9 Å². The van der Waals surface area contributed by atoms with Crippen LogP contribution in [0, 0.1) is 5.92 Å². The van der Waals surface area contributed by atoms with Gasteiger partial charge >= 0.3 is 5.97 Å². The Morgan fingerprint density at radius 2 is 1.53 bits per heavy atom. The van der Waals surface area contributed by atoms with Crippen LogP contribution in [0.4, 0.5) is 0 Å². The number of rotatable bonds is 11. The van der Waals surface area contributed by atoms with Crippen LogP contribution < -0.4 is 14.8 Å². The number of aliphatic carboxylic acids is 1. The lowest BCUT2D eigenvalue weighted by atomic mass is 9.87. The molecule has 0 aromatic heterocycles. The number of benzene rings is 3. The smallest absolute Gasteiger partial charge is 0.326 e. The SMILES string of the molecule is CC(C)Oc1ccc(C[C@H](NC(=O)[C@@H]2Cc3ccc(Oc4ccc(C(C)(C)C)cc4)cc3CN2C(=O)CC2CCCC2)C(=O)O)cc1. The first-order valence-electron chi connectivity index (χ1n) is 16.8. The second-order valence-electron chi connectivity index (χ2n) is 14.3. The van der Waals surface area contributed by atoms with Crippen molar-refractivity contribution in [3.05, 3.63) is 89.0 Å². The van der Waals surface area contributed by atoms with Gasteiger partial charge in [0.05, 0.1) is 6.10 Å². The fraction of sp³-hybridized carbons (Fsp3) is 0.462. The molecule has 2 N–H and O–H groups in total. The number of carbonyl (C=O) groups excluding carboxylic acids is 2. The molecule has 3 aromatic rings. The molecular weight excluding hydrogens is 592 g/mol. The molecule has 0 spiro atoms. The molecule has 2 aliphatic rings. The second-order valence-corrected chi connectivity index (χ2v) is 14.3. The minimum atomic E-state index is -1.15. The maximum atomic E-state index is 13.8. The predicted molar refractivity (Wildman–Crippen MR) is 182 cm³/mol. The Kier molecular flexibility index (Phi) is 10.6. The third kappa shape index (κ3) is 8.93. The molecular formula is C39H48N2O6. The van der Waals surface area contributed by atoms with E-state index in [1.165, 1.54) is 5.56 Å². The van der Waals surface area contributed by atoms with Crippen molar-refractivity contribution in [1.29, 1.82) is 0 Å². The van der Waals surface area contributed by atoms with Crippen molar-refractivity contribution >= 4 is 17.8 Å². The van der Waals surface area contributed by atoms with E-state index >= 15 is 0 Å². The summed E-state index contributed by atoms with van der Waals surface area (Å²) in [4.78, 5) is 41.6. The van der Waals surface area contributed by atoms with Crippen molar-refractivity contribution in [2.45, 2.75) is 110 Å². The Morgan fingerprint density at radius 3 is 2.15 bits per heavy atom. The van der Waals surface area contributed by atoms with Gasteiger partial charge in [-0.05, 0) is 96.7 Å². The first-order valence-corrected chi connectivity index (χ1v) is 16.8. The molecule has 0 radical (unpaired) electrons. The predicted octanol–water partition coefficient (Wildman–Crippen LogP) is 7.21. The van der Waals surface area contributed by atoms with Crippen LogP contribution >= 0.6 is 0 Å². The van der Waals surface area contributed by atoms with E-state index in [9.17, 15) is 19.5 Å². The van der Waals surface area contributed by atoms with E-state index in [0.717, 1.165) is 48.1 Å². The molecule has 1 aliphatic carbocycles. The summed E-state index contributed by atoms with van der Waals surface area (Å²) in [5, 5.41) is 12.8. The summed E-state index contributed by atoms with van der Waals surface area (Å²) in [6, 6.07) is 19.1. The van der Waals surface area contributed by atoms with Crippen molar-refractivity contribution in [2.75, 3.05) is 0 Å². The maximum absolute atomic E-state index is 13.8. The zero-order valence-corrected chi connectivity index (χ0v) is 28.3. The van der Waals surface area contributed by atoms with E-state index in [0.29, 0.717) is 30.3 Å². The molecule has 0 bridgehead atoms.